The minimum absolute atomic E-state index is 0.176. The van der Waals surface area contributed by atoms with E-state index in [0.717, 1.165) is 32.1 Å². The summed E-state index contributed by atoms with van der Waals surface area (Å²) in [6.07, 6.45) is 4.57. The summed E-state index contributed by atoms with van der Waals surface area (Å²) in [5.74, 6) is 0.417. The summed E-state index contributed by atoms with van der Waals surface area (Å²) < 4.78 is 13.4. The minimum Gasteiger partial charge on any atom is -0.493 e. The molecule has 2 aromatic carbocycles. The van der Waals surface area contributed by atoms with Gasteiger partial charge in [-0.3, -0.25) is 18.7 Å². The number of carbonyl (C=O) groups excluding carboxylic acids is 1. The average molecular weight is 437 g/mol. The number of methoxy groups -OCH3 is 2. The van der Waals surface area contributed by atoms with E-state index in [0.29, 0.717) is 28.1 Å². The molecule has 1 fully saturated rings. The van der Waals surface area contributed by atoms with E-state index in [4.69, 9.17) is 9.47 Å². The molecule has 0 unspecified atom stereocenters. The largest absolute Gasteiger partial charge is 0.493 e. The number of para-hydroxylation sites is 1. The van der Waals surface area contributed by atoms with Crippen molar-refractivity contribution in [2.45, 2.75) is 44.7 Å². The molecule has 0 saturated heterocycles. The van der Waals surface area contributed by atoms with Crippen molar-refractivity contribution in [3.63, 3.8) is 0 Å². The summed E-state index contributed by atoms with van der Waals surface area (Å²) >= 11 is 0. The van der Waals surface area contributed by atoms with E-state index < -0.39 is 5.69 Å². The summed E-state index contributed by atoms with van der Waals surface area (Å²) in [5.41, 5.74) is 0.130. The van der Waals surface area contributed by atoms with Crippen LogP contribution in [0.1, 0.15) is 38.1 Å². The molecule has 3 aromatic rings. The second kappa shape index (κ2) is 9.30. The number of nitrogens with zero attached hydrogens (tertiary/aromatic N) is 2. The van der Waals surface area contributed by atoms with Crippen LogP contribution in [0.3, 0.4) is 0 Å². The number of rotatable bonds is 6. The van der Waals surface area contributed by atoms with E-state index in [1.165, 1.54) is 23.4 Å². The quantitative estimate of drug-likeness (QED) is 0.639. The van der Waals surface area contributed by atoms with Crippen molar-refractivity contribution < 1.29 is 14.3 Å². The summed E-state index contributed by atoms with van der Waals surface area (Å²) in [6, 6.07) is 12.0. The first-order chi connectivity index (χ1) is 15.5. The molecule has 1 aromatic heterocycles. The van der Waals surface area contributed by atoms with Gasteiger partial charge in [-0.05, 0) is 31.0 Å². The lowest BCUT2D eigenvalue weighted by atomic mass is 9.95. The third-order valence-corrected chi connectivity index (χ3v) is 5.98. The van der Waals surface area contributed by atoms with E-state index in [-0.39, 0.29) is 24.1 Å². The first-order valence-electron chi connectivity index (χ1n) is 10.8. The second-order valence-electron chi connectivity index (χ2n) is 7.97. The molecular weight excluding hydrogens is 410 g/mol. The van der Waals surface area contributed by atoms with Crippen LogP contribution in [-0.2, 0) is 11.3 Å². The lowest BCUT2D eigenvalue weighted by Gasteiger charge is -2.25. The van der Waals surface area contributed by atoms with Crippen LogP contribution in [0, 0.1) is 0 Å². The molecule has 8 heteroatoms. The van der Waals surface area contributed by atoms with Gasteiger partial charge in [0.2, 0.25) is 5.91 Å². The topological polar surface area (TPSA) is 91.6 Å². The number of anilines is 1. The Morgan fingerprint density at radius 1 is 1.00 bits per heavy atom. The molecule has 1 aliphatic rings. The van der Waals surface area contributed by atoms with E-state index in [9.17, 15) is 14.4 Å². The van der Waals surface area contributed by atoms with Crippen molar-refractivity contribution in [2.24, 2.45) is 0 Å². The number of carbonyl (C=O) groups is 1. The predicted molar refractivity (Wildman–Crippen MR) is 123 cm³/mol. The zero-order chi connectivity index (χ0) is 22.7. The fourth-order valence-corrected chi connectivity index (χ4v) is 4.39. The highest BCUT2D eigenvalue weighted by Gasteiger charge is 2.24. The maximum atomic E-state index is 13.5. The van der Waals surface area contributed by atoms with Crippen LogP contribution in [0.2, 0.25) is 0 Å². The molecule has 8 nitrogen and oxygen atoms in total. The van der Waals surface area contributed by atoms with Crippen LogP contribution in [0.5, 0.6) is 11.5 Å². The molecule has 1 saturated carbocycles. The molecule has 1 N–H and O–H groups in total. The Balaban J connectivity index is 1.87. The molecule has 0 bridgehead atoms. The maximum Gasteiger partial charge on any atom is 0.332 e. The van der Waals surface area contributed by atoms with Crippen LogP contribution >= 0.6 is 0 Å². The summed E-state index contributed by atoms with van der Waals surface area (Å²) in [4.78, 5) is 39.7. The number of nitrogens with one attached hydrogen (secondary N) is 1. The van der Waals surface area contributed by atoms with Gasteiger partial charge in [-0.1, -0.05) is 37.5 Å². The van der Waals surface area contributed by atoms with Crippen molar-refractivity contribution >= 4 is 22.5 Å². The first-order valence-corrected chi connectivity index (χ1v) is 10.8. The van der Waals surface area contributed by atoms with Crippen LogP contribution in [0.15, 0.2) is 52.1 Å². The Labute approximate surface area is 185 Å². The summed E-state index contributed by atoms with van der Waals surface area (Å²) in [6.45, 7) is -0.229. The molecule has 32 heavy (non-hydrogen) atoms. The monoisotopic (exact) mass is 437 g/mol. The zero-order valence-electron chi connectivity index (χ0n) is 18.3. The number of hydrogen-bond donors (Lipinski definition) is 1. The molecule has 1 heterocycles. The van der Waals surface area contributed by atoms with E-state index >= 15 is 0 Å². The molecule has 1 amide bonds. The van der Waals surface area contributed by atoms with Gasteiger partial charge in [-0.15, -0.1) is 0 Å². The van der Waals surface area contributed by atoms with Crippen molar-refractivity contribution in [1.29, 1.82) is 0 Å². The number of benzene rings is 2. The molecule has 0 spiro atoms. The number of amides is 1. The standard InChI is InChI=1S/C24H27N3O5/c1-31-20-13-18-19(14-21(20)32-2)26(15-22(28)25-16-9-5-3-6-10-16)24(30)27(23(18)29)17-11-7-4-8-12-17/h3,5-6,9-10,13-14,17H,4,7-8,11-12,15H2,1-2H3,(H,25,28). The van der Waals surface area contributed by atoms with Gasteiger partial charge in [0.25, 0.3) is 5.56 Å². The Morgan fingerprint density at radius 3 is 2.31 bits per heavy atom. The highest BCUT2D eigenvalue weighted by molar-refractivity contribution is 5.92. The highest BCUT2D eigenvalue weighted by atomic mass is 16.5. The van der Waals surface area contributed by atoms with Crippen molar-refractivity contribution in [3.05, 3.63) is 63.3 Å². The smallest absolute Gasteiger partial charge is 0.332 e. The van der Waals surface area contributed by atoms with Gasteiger partial charge in [0.15, 0.2) is 11.5 Å². The molecule has 4 rings (SSSR count). The van der Waals surface area contributed by atoms with Gasteiger partial charge in [0.1, 0.15) is 6.54 Å². The zero-order valence-corrected chi connectivity index (χ0v) is 18.3. The SMILES string of the molecule is COc1cc2c(=O)n(C3CCCCC3)c(=O)n(CC(=O)Nc3ccccc3)c2cc1OC. The fraction of sp³-hybridized carbons (Fsp3) is 0.375. The van der Waals surface area contributed by atoms with Crippen LogP contribution in [0.4, 0.5) is 5.69 Å². The van der Waals surface area contributed by atoms with E-state index in [2.05, 4.69) is 5.32 Å². The van der Waals surface area contributed by atoms with Crippen LogP contribution < -0.4 is 26.0 Å². The van der Waals surface area contributed by atoms with Gasteiger partial charge in [-0.25, -0.2) is 4.79 Å². The predicted octanol–water partition coefficient (Wildman–Crippen LogP) is 3.32. The third-order valence-electron chi connectivity index (χ3n) is 5.98. The third kappa shape index (κ3) is 4.12. The Bertz CT molecular complexity index is 1240. The lowest BCUT2D eigenvalue weighted by molar-refractivity contribution is -0.116. The first kappa shape index (κ1) is 21.7. The van der Waals surface area contributed by atoms with Gasteiger partial charge < -0.3 is 14.8 Å². The highest BCUT2D eigenvalue weighted by Crippen LogP contribution is 2.31. The Morgan fingerprint density at radius 2 is 1.66 bits per heavy atom. The van der Waals surface area contributed by atoms with Crippen molar-refractivity contribution in [1.82, 2.24) is 9.13 Å². The van der Waals surface area contributed by atoms with Crippen molar-refractivity contribution in [3.8, 4) is 11.5 Å². The fourth-order valence-electron chi connectivity index (χ4n) is 4.39. The summed E-state index contributed by atoms with van der Waals surface area (Å²) in [7, 11) is 2.98. The van der Waals surface area contributed by atoms with Gasteiger partial charge >= 0.3 is 5.69 Å². The number of ether oxygens (including phenoxy) is 2. The van der Waals surface area contributed by atoms with Gasteiger partial charge in [0, 0.05) is 17.8 Å². The number of fused-ring (bicyclic) bond motifs is 1. The molecule has 1 aliphatic carbocycles. The van der Waals surface area contributed by atoms with Crippen LogP contribution in [-0.4, -0.2) is 29.3 Å². The number of hydrogen-bond acceptors (Lipinski definition) is 5. The molecule has 0 aliphatic heterocycles. The van der Waals surface area contributed by atoms with Crippen molar-refractivity contribution in [2.75, 3.05) is 19.5 Å². The van der Waals surface area contributed by atoms with Gasteiger partial charge in [0.05, 0.1) is 25.1 Å². The Kier molecular flexibility index (Phi) is 6.30. The van der Waals surface area contributed by atoms with E-state index in [1.54, 1.807) is 24.3 Å². The number of aromatic nitrogens is 2. The molecular formula is C24H27N3O5. The van der Waals surface area contributed by atoms with Crippen LogP contribution in [0.25, 0.3) is 10.9 Å². The average Bonchev–Trinajstić information content (AvgIpc) is 2.82. The molecule has 0 atom stereocenters. The maximum absolute atomic E-state index is 13.5. The minimum atomic E-state index is -0.482. The normalized spacial score (nSPS) is 14.3. The van der Waals surface area contributed by atoms with E-state index in [1.807, 2.05) is 18.2 Å². The Hall–Kier alpha value is -3.55. The second-order valence-corrected chi connectivity index (χ2v) is 7.97. The van der Waals surface area contributed by atoms with Gasteiger partial charge in [-0.2, -0.15) is 0 Å². The molecule has 168 valence electrons. The lowest BCUT2D eigenvalue weighted by Crippen LogP contribution is -2.44. The molecule has 0 radical (unpaired) electrons. The summed E-state index contributed by atoms with van der Waals surface area (Å²) in [5, 5.41) is 3.12.